The van der Waals surface area contributed by atoms with Crippen LogP contribution in [0, 0.1) is 0 Å². The summed E-state index contributed by atoms with van der Waals surface area (Å²) in [5.74, 6) is 1.08. The Morgan fingerprint density at radius 1 is 1.14 bits per heavy atom. The van der Waals surface area contributed by atoms with E-state index in [0.29, 0.717) is 55.8 Å². The second-order valence-electron chi connectivity index (χ2n) is 7.32. The first-order valence-electron chi connectivity index (χ1n) is 9.71. The number of hydrogen-bond acceptors (Lipinski definition) is 6. The quantitative estimate of drug-likeness (QED) is 0.711. The molecule has 2 amide bonds. The van der Waals surface area contributed by atoms with Gasteiger partial charge in [0.25, 0.3) is 0 Å². The van der Waals surface area contributed by atoms with Gasteiger partial charge in [-0.3, -0.25) is 14.5 Å². The zero-order chi connectivity index (χ0) is 20.8. The molecule has 1 aromatic heterocycles. The molecule has 156 valence electrons. The van der Waals surface area contributed by atoms with Crippen molar-refractivity contribution in [3.8, 4) is 11.4 Å². The van der Waals surface area contributed by atoms with E-state index in [1.807, 2.05) is 17.0 Å². The van der Waals surface area contributed by atoms with Crippen LogP contribution in [0.1, 0.15) is 18.7 Å². The van der Waals surface area contributed by atoms with E-state index in [1.165, 1.54) is 0 Å². The molecule has 0 radical (unpaired) electrons. The summed E-state index contributed by atoms with van der Waals surface area (Å²) in [4.78, 5) is 34.4. The molecule has 9 heteroatoms. The van der Waals surface area contributed by atoms with Gasteiger partial charge in [-0.1, -0.05) is 16.8 Å². The minimum Gasteiger partial charge on any atom is -0.348 e. The van der Waals surface area contributed by atoms with Gasteiger partial charge in [0.05, 0.1) is 6.54 Å². The lowest BCUT2D eigenvalue weighted by Gasteiger charge is -2.22. The Kier molecular flexibility index (Phi) is 7.22. The Morgan fingerprint density at radius 2 is 1.90 bits per heavy atom. The predicted molar refractivity (Wildman–Crippen MR) is 109 cm³/mol. The predicted octanol–water partition coefficient (Wildman–Crippen LogP) is 1.95. The molecule has 29 heavy (non-hydrogen) atoms. The zero-order valence-corrected chi connectivity index (χ0v) is 17.6. The number of benzene rings is 1. The molecule has 1 aromatic carbocycles. The molecule has 1 aliphatic rings. The second-order valence-corrected chi connectivity index (χ2v) is 7.75. The normalized spacial score (nSPS) is 15.2. The Balaban J connectivity index is 1.48. The molecule has 8 nitrogen and oxygen atoms in total. The Labute approximate surface area is 175 Å². The molecule has 0 unspecified atom stereocenters. The maximum absolute atomic E-state index is 12.6. The van der Waals surface area contributed by atoms with E-state index in [2.05, 4.69) is 15.0 Å². The van der Waals surface area contributed by atoms with E-state index in [0.717, 1.165) is 18.5 Å². The van der Waals surface area contributed by atoms with Gasteiger partial charge >= 0.3 is 0 Å². The van der Waals surface area contributed by atoms with Crippen LogP contribution >= 0.6 is 11.6 Å². The van der Waals surface area contributed by atoms with Gasteiger partial charge in [-0.05, 0) is 30.7 Å². The number of aromatic nitrogens is 2. The molecular formula is C20H26ClN5O3. The minimum absolute atomic E-state index is 0.0667. The number of rotatable bonds is 6. The van der Waals surface area contributed by atoms with Crippen LogP contribution in [0.25, 0.3) is 11.4 Å². The van der Waals surface area contributed by atoms with E-state index >= 15 is 0 Å². The van der Waals surface area contributed by atoms with Crippen LogP contribution in [0.5, 0.6) is 0 Å². The van der Waals surface area contributed by atoms with E-state index in [1.54, 1.807) is 31.1 Å². The van der Waals surface area contributed by atoms with Crippen LogP contribution in [-0.2, 0) is 16.0 Å². The van der Waals surface area contributed by atoms with Crippen molar-refractivity contribution in [2.24, 2.45) is 0 Å². The number of halogens is 1. The van der Waals surface area contributed by atoms with Crippen molar-refractivity contribution in [1.82, 2.24) is 24.8 Å². The summed E-state index contributed by atoms with van der Waals surface area (Å²) < 4.78 is 5.28. The zero-order valence-electron chi connectivity index (χ0n) is 16.8. The number of likely N-dealkylation sites (N-methyl/N-ethyl adjacent to an activating group) is 1. The fourth-order valence-corrected chi connectivity index (χ4v) is 3.28. The third-order valence-corrected chi connectivity index (χ3v) is 5.17. The van der Waals surface area contributed by atoms with Crippen molar-refractivity contribution in [2.45, 2.75) is 19.3 Å². The summed E-state index contributed by atoms with van der Waals surface area (Å²) in [6.07, 6.45) is 1.57. The highest BCUT2D eigenvalue weighted by Gasteiger charge is 2.21. The van der Waals surface area contributed by atoms with E-state index in [4.69, 9.17) is 16.1 Å². The Morgan fingerprint density at radius 3 is 2.62 bits per heavy atom. The first-order chi connectivity index (χ1) is 13.9. The summed E-state index contributed by atoms with van der Waals surface area (Å²) in [7, 11) is 3.51. The van der Waals surface area contributed by atoms with E-state index < -0.39 is 0 Å². The van der Waals surface area contributed by atoms with Gasteiger partial charge in [0.15, 0.2) is 0 Å². The number of amides is 2. The lowest BCUT2D eigenvalue weighted by molar-refractivity contribution is -0.131. The van der Waals surface area contributed by atoms with Crippen LogP contribution < -0.4 is 0 Å². The Bertz CT molecular complexity index is 837. The first kappa shape index (κ1) is 21.3. The molecular weight excluding hydrogens is 394 g/mol. The standard InChI is InChI=1S/C20H26ClN5O3/c1-24(2)19(28)14-25-10-3-11-26(13-12-25)18(27)9-8-17-22-20(23-29-17)15-4-6-16(21)7-5-15/h4-7H,3,8-14H2,1-2H3. The number of nitrogens with zero attached hydrogens (tertiary/aromatic N) is 5. The van der Waals surface area contributed by atoms with Gasteiger partial charge in [0.1, 0.15) is 0 Å². The molecule has 0 spiro atoms. The molecule has 2 aromatic rings. The third kappa shape index (κ3) is 6.01. The highest BCUT2D eigenvalue weighted by atomic mass is 35.5. The van der Waals surface area contributed by atoms with E-state index in [-0.39, 0.29) is 11.8 Å². The molecule has 3 rings (SSSR count). The molecule has 2 heterocycles. The topological polar surface area (TPSA) is 82.8 Å². The van der Waals surface area contributed by atoms with Crippen LogP contribution in [0.15, 0.2) is 28.8 Å². The summed E-state index contributed by atoms with van der Waals surface area (Å²) in [6.45, 7) is 3.24. The molecule has 0 saturated carbocycles. The van der Waals surface area contributed by atoms with Crippen LogP contribution in [-0.4, -0.2) is 83.5 Å². The average Bonchev–Trinajstić information content (AvgIpc) is 3.05. The smallest absolute Gasteiger partial charge is 0.236 e. The van der Waals surface area contributed by atoms with Gasteiger partial charge in [-0.15, -0.1) is 0 Å². The largest absolute Gasteiger partial charge is 0.348 e. The summed E-state index contributed by atoms with van der Waals surface area (Å²) >= 11 is 5.89. The summed E-state index contributed by atoms with van der Waals surface area (Å²) in [6, 6.07) is 7.19. The third-order valence-electron chi connectivity index (χ3n) is 4.92. The number of carbonyl (C=O) groups excluding carboxylic acids is 2. The van der Waals surface area contributed by atoms with Crippen molar-refractivity contribution in [1.29, 1.82) is 0 Å². The van der Waals surface area contributed by atoms with Gasteiger partial charge in [0, 0.05) is 63.7 Å². The van der Waals surface area contributed by atoms with E-state index in [9.17, 15) is 9.59 Å². The second kappa shape index (κ2) is 9.84. The van der Waals surface area contributed by atoms with Crippen molar-refractivity contribution in [2.75, 3.05) is 46.8 Å². The van der Waals surface area contributed by atoms with Crippen molar-refractivity contribution >= 4 is 23.4 Å². The molecule has 0 aliphatic carbocycles. The van der Waals surface area contributed by atoms with Gasteiger partial charge < -0.3 is 14.3 Å². The van der Waals surface area contributed by atoms with Gasteiger partial charge in [-0.2, -0.15) is 4.98 Å². The summed E-state index contributed by atoms with van der Waals surface area (Å²) in [5, 5.41) is 4.62. The molecule has 1 aliphatic heterocycles. The molecule has 0 atom stereocenters. The highest BCUT2D eigenvalue weighted by Crippen LogP contribution is 2.19. The molecule has 1 fully saturated rings. The van der Waals surface area contributed by atoms with Crippen LogP contribution in [0.3, 0.4) is 0 Å². The van der Waals surface area contributed by atoms with Gasteiger partial charge in [0.2, 0.25) is 23.5 Å². The maximum Gasteiger partial charge on any atom is 0.236 e. The number of aryl methyl sites for hydroxylation is 1. The van der Waals surface area contributed by atoms with Crippen molar-refractivity contribution in [3.05, 3.63) is 35.2 Å². The monoisotopic (exact) mass is 419 g/mol. The molecule has 1 saturated heterocycles. The SMILES string of the molecule is CN(C)C(=O)CN1CCCN(C(=O)CCc2nc(-c3ccc(Cl)cc3)no2)CC1. The van der Waals surface area contributed by atoms with Gasteiger partial charge in [-0.25, -0.2) is 0 Å². The highest BCUT2D eigenvalue weighted by molar-refractivity contribution is 6.30. The number of hydrogen-bond donors (Lipinski definition) is 0. The molecule has 0 N–H and O–H groups in total. The molecule has 0 bridgehead atoms. The summed E-state index contributed by atoms with van der Waals surface area (Å²) in [5.41, 5.74) is 0.815. The van der Waals surface area contributed by atoms with Crippen molar-refractivity contribution in [3.63, 3.8) is 0 Å². The van der Waals surface area contributed by atoms with Crippen molar-refractivity contribution < 1.29 is 14.1 Å². The Hall–Kier alpha value is -2.45. The maximum atomic E-state index is 12.6. The lowest BCUT2D eigenvalue weighted by atomic mass is 10.2. The lowest BCUT2D eigenvalue weighted by Crippen LogP contribution is -2.39. The fourth-order valence-electron chi connectivity index (χ4n) is 3.16. The van der Waals surface area contributed by atoms with Crippen LogP contribution in [0.2, 0.25) is 5.02 Å². The minimum atomic E-state index is 0.0667. The average molecular weight is 420 g/mol. The number of carbonyl (C=O) groups is 2. The first-order valence-corrected chi connectivity index (χ1v) is 10.1. The van der Waals surface area contributed by atoms with Crippen LogP contribution in [0.4, 0.5) is 0 Å². The fraction of sp³-hybridized carbons (Fsp3) is 0.500.